The second kappa shape index (κ2) is 8.66. The molecule has 0 radical (unpaired) electrons. The van der Waals surface area contributed by atoms with Gasteiger partial charge in [0.2, 0.25) is 0 Å². The zero-order chi connectivity index (χ0) is 20.1. The fourth-order valence-corrected chi connectivity index (χ4v) is 3.15. The SMILES string of the molecule is C=CCO/N=C(\C(=O)NC1CC1)c1csc(N)c1C(=O)Nc1ccc(F)cc1. The molecule has 1 aliphatic carbocycles. The first-order valence-corrected chi connectivity index (χ1v) is 9.43. The van der Waals surface area contributed by atoms with Gasteiger partial charge in [-0.1, -0.05) is 17.8 Å². The number of benzene rings is 1. The van der Waals surface area contributed by atoms with Gasteiger partial charge >= 0.3 is 0 Å². The summed E-state index contributed by atoms with van der Waals surface area (Å²) in [5.74, 6) is -1.39. The van der Waals surface area contributed by atoms with Crippen LogP contribution in [0.1, 0.15) is 28.8 Å². The van der Waals surface area contributed by atoms with Crippen molar-refractivity contribution >= 4 is 39.6 Å². The van der Waals surface area contributed by atoms with Gasteiger partial charge in [0.25, 0.3) is 11.8 Å². The molecule has 0 spiro atoms. The van der Waals surface area contributed by atoms with Gasteiger partial charge < -0.3 is 21.2 Å². The van der Waals surface area contributed by atoms with Gasteiger partial charge in [-0.2, -0.15) is 0 Å². The van der Waals surface area contributed by atoms with Gasteiger partial charge in [-0.15, -0.1) is 11.3 Å². The van der Waals surface area contributed by atoms with Crippen molar-refractivity contribution in [2.24, 2.45) is 5.16 Å². The second-order valence-corrected chi connectivity index (χ2v) is 7.03. The molecule has 3 rings (SSSR count). The number of oxime groups is 1. The number of nitrogen functional groups attached to an aromatic ring is 1. The summed E-state index contributed by atoms with van der Waals surface area (Å²) in [4.78, 5) is 30.5. The maximum Gasteiger partial charge on any atom is 0.274 e. The summed E-state index contributed by atoms with van der Waals surface area (Å²) in [5.41, 5.74) is 6.72. The van der Waals surface area contributed by atoms with Crippen LogP contribution in [0.4, 0.5) is 15.1 Å². The molecule has 1 aromatic carbocycles. The molecule has 2 amide bonds. The minimum atomic E-state index is -0.531. The molecule has 0 unspecified atom stereocenters. The lowest BCUT2D eigenvalue weighted by atomic mass is 10.1. The summed E-state index contributed by atoms with van der Waals surface area (Å²) in [7, 11) is 0. The van der Waals surface area contributed by atoms with E-state index < -0.39 is 17.6 Å². The van der Waals surface area contributed by atoms with E-state index in [1.165, 1.54) is 30.3 Å². The van der Waals surface area contributed by atoms with E-state index >= 15 is 0 Å². The Morgan fingerprint density at radius 2 is 2.07 bits per heavy atom. The molecule has 1 heterocycles. The van der Waals surface area contributed by atoms with Crippen LogP contribution in [0.5, 0.6) is 0 Å². The lowest BCUT2D eigenvalue weighted by molar-refractivity contribution is -0.115. The van der Waals surface area contributed by atoms with Crippen molar-refractivity contribution in [2.75, 3.05) is 17.7 Å². The molecular weight excluding hydrogens is 383 g/mol. The molecule has 1 aliphatic rings. The summed E-state index contributed by atoms with van der Waals surface area (Å²) >= 11 is 1.11. The largest absolute Gasteiger partial charge is 0.391 e. The number of carbonyl (C=O) groups excluding carboxylic acids is 2. The molecule has 0 aliphatic heterocycles. The molecule has 7 nitrogen and oxygen atoms in total. The Bertz CT molecular complexity index is 920. The zero-order valence-electron chi connectivity index (χ0n) is 14.9. The fraction of sp³-hybridized carbons (Fsp3) is 0.211. The minimum absolute atomic E-state index is 0.0362. The molecule has 2 aromatic rings. The van der Waals surface area contributed by atoms with Gasteiger partial charge in [0.05, 0.1) is 10.6 Å². The zero-order valence-corrected chi connectivity index (χ0v) is 15.7. The third kappa shape index (κ3) is 4.74. The monoisotopic (exact) mass is 402 g/mol. The van der Waals surface area contributed by atoms with Crippen molar-refractivity contribution in [1.82, 2.24) is 5.32 Å². The fourth-order valence-electron chi connectivity index (χ4n) is 2.36. The molecule has 4 N–H and O–H groups in total. The van der Waals surface area contributed by atoms with Crippen molar-refractivity contribution in [2.45, 2.75) is 18.9 Å². The van der Waals surface area contributed by atoms with Crippen molar-refractivity contribution in [3.63, 3.8) is 0 Å². The normalized spacial score (nSPS) is 13.7. The van der Waals surface area contributed by atoms with Crippen LogP contribution in [0.3, 0.4) is 0 Å². The minimum Gasteiger partial charge on any atom is -0.391 e. The molecular formula is C19H19FN4O3S. The Morgan fingerprint density at radius 1 is 1.36 bits per heavy atom. The Hall–Kier alpha value is -3.20. The van der Waals surface area contributed by atoms with Crippen LogP contribution in [0, 0.1) is 5.82 Å². The van der Waals surface area contributed by atoms with Crippen LogP contribution < -0.4 is 16.4 Å². The third-order valence-electron chi connectivity index (χ3n) is 3.88. The summed E-state index contributed by atoms with van der Waals surface area (Å²) in [6.07, 6.45) is 3.29. The number of nitrogens with zero attached hydrogens (tertiary/aromatic N) is 1. The van der Waals surface area contributed by atoms with Gasteiger partial charge in [0.15, 0.2) is 5.71 Å². The van der Waals surface area contributed by atoms with E-state index in [2.05, 4.69) is 22.4 Å². The Morgan fingerprint density at radius 3 is 2.71 bits per heavy atom. The van der Waals surface area contributed by atoms with E-state index in [1.54, 1.807) is 5.38 Å². The smallest absolute Gasteiger partial charge is 0.274 e. The molecule has 1 aromatic heterocycles. The Kier molecular flexibility index (Phi) is 6.05. The summed E-state index contributed by atoms with van der Waals surface area (Å²) in [6, 6.07) is 5.42. The van der Waals surface area contributed by atoms with Crippen molar-refractivity contribution < 1.29 is 18.8 Å². The van der Waals surface area contributed by atoms with E-state index in [9.17, 15) is 14.0 Å². The van der Waals surface area contributed by atoms with Gasteiger partial charge in [-0.3, -0.25) is 9.59 Å². The predicted octanol–water partition coefficient (Wildman–Crippen LogP) is 2.91. The average Bonchev–Trinajstić information content (AvgIpc) is 3.40. The molecule has 0 saturated heterocycles. The Labute approximate surface area is 165 Å². The molecule has 1 saturated carbocycles. The first-order chi connectivity index (χ1) is 13.5. The summed E-state index contributed by atoms with van der Waals surface area (Å²) in [5, 5.41) is 11.2. The lowest BCUT2D eigenvalue weighted by Crippen LogP contribution is -2.34. The second-order valence-electron chi connectivity index (χ2n) is 6.12. The molecule has 146 valence electrons. The van der Waals surface area contributed by atoms with Gasteiger partial charge in [0.1, 0.15) is 12.4 Å². The summed E-state index contributed by atoms with van der Waals surface area (Å²) < 4.78 is 13.1. The molecule has 28 heavy (non-hydrogen) atoms. The lowest BCUT2D eigenvalue weighted by Gasteiger charge is -2.10. The number of halogens is 1. The highest BCUT2D eigenvalue weighted by Gasteiger charge is 2.30. The quantitative estimate of drug-likeness (QED) is 0.273. The van der Waals surface area contributed by atoms with Crippen LogP contribution in [-0.4, -0.2) is 30.2 Å². The number of amides is 2. The van der Waals surface area contributed by atoms with Crippen molar-refractivity contribution in [3.05, 3.63) is 59.2 Å². The molecule has 0 bridgehead atoms. The number of hydrogen-bond acceptors (Lipinski definition) is 6. The third-order valence-corrected chi connectivity index (χ3v) is 4.69. The average molecular weight is 402 g/mol. The van der Waals surface area contributed by atoms with E-state index in [1.807, 2.05) is 0 Å². The van der Waals surface area contributed by atoms with Crippen molar-refractivity contribution in [3.8, 4) is 0 Å². The van der Waals surface area contributed by atoms with Gasteiger partial charge in [0, 0.05) is 22.7 Å². The Balaban J connectivity index is 1.89. The number of rotatable bonds is 8. The number of anilines is 2. The van der Waals surface area contributed by atoms with E-state index in [0.29, 0.717) is 5.69 Å². The molecule has 0 atom stereocenters. The number of nitrogens with two attached hydrogens (primary N) is 1. The maximum atomic E-state index is 13.1. The van der Waals surface area contributed by atoms with Crippen LogP contribution in [-0.2, 0) is 9.63 Å². The van der Waals surface area contributed by atoms with Crippen LogP contribution in [0.2, 0.25) is 0 Å². The highest BCUT2D eigenvalue weighted by atomic mass is 32.1. The van der Waals surface area contributed by atoms with E-state index in [4.69, 9.17) is 10.6 Å². The van der Waals surface area contributed by atoms with Gasteiger partial charge in [-0.05, 0) is 37.1 Å². The first-order valence-electron chi connectivity index (χ1n) is 8.55. The number of carbonyl (C=O) groups is 2. The molecule has 1 fully saturated rings. The van der Waals surface area contributed by atoms with Crippen LogP contribution in [0.15, 0.2) is 47.5 Å². The number of hydrogen-bond donors (Lipinski definition) is 3. The topological polar surface area (TPSA) is 106 Å². The van der Waals surface area contributed by atoms with Gasteiger partial charge in [-0.25, -0.2) is 4.39 Å². The highest BCUT2D eigenvalue weighted by Crippen LogP contribution is 2.28. The maximum absolute atomic E-state index is 13.1. The first kappa shape index (κ1) is 19.6. The van der Waals surface area contributed by atoms with Crippen LogP contribution in [0.25, 0.3) is 0 Å². The van der Waals surface area contributed by atoms with E-state index in [0.717, 1.165) is 24.2 Å². The molecule has 9 heteroatoms. The predicted molar refractivity (Wildman–Crippen MR) is 107 cm³/mol. The standard InChI is InChI=1S/C19H19FN4O3S/c1-2-9-27-24-16(19(26)23-13-7-8-13)14-10-28-17(21)15(14)18(25)22-12-5-3-11(20)4-6-12/h2-6,10,13H,1,7-9,21H2,(H,22,25)(H,23,26)/b24-16-. The number of thiophene rings is 1. The number of nitrogens with one attached hydrogen (secondary N) is 2. The highest BCUT2D eigenvalue weighted by molar-refractivity contribution is 7.14. The summed E-state index contributed by atoms with van der Waals surface area (Å²) in [6.45, 7) is 3.64. The van der Waals surface area contributed by atoms with Crippen molar-refractivity contribution in [1.29, 1.82) is 0 Å². The van der Waals surface area contributed by atoms with E-state index in [-0.39, 0.29) is 34.5 Å². The van der Waals surface area contributed by atoms with Crippen LogP contribution >= 0.6 is 11.3 Å².